The van der Waals surface area contributed by atoms with Crippen molar-refractivity contribution < 1.29 is 14.2 Å². The first-order valence-corrected chi connectivity index (χ1v) is 7.81. The fourth-order valence-corrected chi connectivity index (χ4v) is 2.77. The molecule has 2 heterocycles. The molecule has 2 aliphatic heterocycles. The molecule has 120 valence electrons. The molecule has 2 unspecified atom stereocenters. The Bertz CT molecular complexity index is 283. The van der Waals surface area contributed by atoms with E-state index in [2.05, 4.69) is 23.0 Å². The Labute approximate surface area is 128 Å². The van der Waals surface area contributed by atoms with Crippen molar-refractivity contribution in [3.05, 3.63) is 25.3 Å². The third-order valence-corrected chi connectivity index (χ3v) is 4.15. The minimum atomic E-state index is 0.268. The second-order valence-corrected chi connectivity index (χ2v) is 5.44. The molecule has 0 saturated carbocycles. The minimum Gasteiger partial charge on any atom is -0.379 e. The highest BCUT2D eigenvalue weighted by Crippen LogP contribution is 2.09. The van der Waals surface area contributed by atoms with Gasteiger partial charge in [0.05, 0.1) is 51.7 Å². The first-order chi connectivity index (χ1) is 10.3. The average Bonchev–Trinajstić information content (AvgIpc) is 2.57. The standard InChI is InChI=1S/C16H28N2O3/c1-3-15(17-5-9-19-10-6-17)13-21-14-16(4-2)18-7-11-20-12-8-18/h3-4,15-16H,1-2,5-14H2. The summed E-state index contributed by atoms with van der Waals surface area (Å²) < 4.78 is 16.7. The van der Waals surface area contributed by atoms with E-state index in [1.54, 1.807) is 0 Å². The number of rotatable bonds is 8. The van der Waals surface area contributed by atoms with Crippen LogP contribution in [0, 0.1) is 0 Å². The first kappa shape index (κ1) is 16.6. The molecule has 0 bridgehead atoms. The Hall–Kier alpha value is -0.720. The summed E-state index contributed by atoms with van der Waals surface area (Å²) in [6.07, 6.45) is 3.95. The molecule has 0 aromatic carbocycles. The van der Waals surface area contributed by atoms with Gasteiger partial charge in [-0.3, -0.25) is 9.80 Å². The molecule has 5 nitrogen and oxygen atoms in total. The van der Waals surface area contributed by atoms with Crippen molar-refractivity contribution in [1.82, 2.24) is 9.80 Å². The first-order valence-electron chi connectivity index (χ1n) is 7.81. The largest absolute Gasteiger partial charge is 0.379 e. The van der Waals surface area contributed by atoms with Crippen LogP contribution in [-0.2, 0) is 14.2 Å². The molecule has 0 aromatic heterocycles. The molecule has 0 radical (unpaired) electrons. The van der Waals surface area contributed by atoms with Crippen LogP contribution in [0.1, 0.15) is 0 Å². The molecular weight excluding hydrogens is 268 g/mol. The summed E-state index contributed by atoms with van der Waals surface area (Å²) in [6, 6.07) is 0.535. The van der Waals surface area contributed by atoms with E-state index >= 15 is 0 Å². The number of ether oxygens (including phenoxy) is 3. The Morgan fingerprint density at radius 1 is 0.810 bits per heavy atom. The summed E-state index contributed by atoms with van der Waals surface area (Å²) in [5.74, 6) is 0. The summed E-state index contributed by atoms with van der Waals surface area (Å²) in [7, 11) is 0. The summed E-state index contributed by atoms with van der Waals surface area (Å²) in [4.78, 5) is 4.74. The topological polar surface area (TPSA) is 34.2 Å². The van der Waals surface area contributed by atoms with Crippen LogP contribution in [0.3, 0.4) is 0 Å². The lowest BCUT2D eigenvalue weighted by Gasteiger charge is -2.34. The van der Waals surface area contributed by atoms with E-state index < -0.39 is 0 Å². The van der Waals surface area contributed by atoms with Crippen LogP contribution in [0.15, 0.2) is 25.3 Å². The Balaban J connectivity index is 1.72. The van der Waals surface area contributed by atoms with Crippen molar-refractivity contribution in [1.29, 1.82) is 0 Å². The summed E-state index contributed by atoms with van der Waals surface area (Å²) in [6.45, 7) is 16.2. The van der Waals surface area contributed by atoms with Crippen LogP contribution in [0.4, 0.5) is 0 Å². The molecule has 2 aliphatic rings. The summed E-state index contributed by atoms with van der Waals surface area (Å²) >= 11 is 0. The van der Waals surface area contributed by atoms with Gasteiger partial charge in [0, 0.05) is 26.2 Å². The second-order valence-electron chi connectivity index (χ2n) is 5.44. The third-order valence-electron chi connectivity index (χ3n) is 4.15. The van der Waals surface area contributed by atoms with Crippen molar-refractivity contribution in [2.24, 2.45) is 0 Å². The predicted molar refractivity (Wildman–Crippen MR) is 83.6 cm³/mol. The van der Waals surface area contributed by atoms with Crippen molar-refractivity contribution >= 4 is 0 Å². The smallest absolute Gasteiger partial charge is 0.0658 e. The number of morpholine rings is 2. The van der Waals surface area contributed by atoms with Crippen LogP contribution in [-0.4, -0.2) is 87.7 Å². The molecule has 2 rings (SSSR count). The Kier molecular flexibility index (Phi) is 7.39. The molecule has 2 fully saturated rings. The minimum absolute atomic E-state index is 0.268. The van der Waals surface area contributed by atoms with Crippen LogP contribution in [0.25, 0.3) is 0 Å². The van der Waals surface area contributed by atoms with E-state index in [0.29, 0.717) is 13.2 Å². The van der Waals surface area contributed by atoms with Gasteiger partial charge < -0.3 is 14.2 Å². The van der Waals surface area contributed by atoms with Crippen LogP contribution in [0.2, 0.25) is 0 Å². The maximum Gasteiger partial charge on any atom is 0.0658 e. The summed E-state index contributed by atoms with van der Waals surface area (Å²) in [5.41, 5.74) is 0. The van der Waals surface area contributed by atoms with E-state index in [-0.39, 0.29) is 12.1 Å². The van der Waals surface area contributed by atoms with Crippen molar-refractivity contribution in [2.75, 3.05) is 65.8 Å². The van der Waals surface area contributed by atoms with Gasteiger partial charge in [0.2, 0.25) is 0 Å². The lowest BCUT2D eigenvalue weighted by Crippen LogP contribution is -2.47. The zero-order chi connectivity index (χ0) is 14.9. The van der Waals surface area contributed by atoms with Gasteiger partial charge in [0.1, 0.15) is 0 Å². The van der Waals surface area contributed by atoms with Crippen molar-refractivity contribution in [3.8, 4) is 0 Å². The molecule has 0 aromatic rings. The molecule has 0 aliphatic carbocycles. The van der Waals surface area contributed by atoms with Crippen LogP contribution >= 0.6 is 0 Å². The fraction of sp³-hybridized carbons (Fsp3) is 0.750. The predicted octanol–water partition coefficient (Wildman–Crippen LogP) is 0.777. The van der Waals surface area contributed by atoms with Gasteiger partial charge in [-0.05, 0) is 0 Å². The molecular formula is C16H28N2O3. The number of nitrogens with zero attached hydrogens (tertiary/aromatic N) is 2. The highest BCUT2D eigenvalue weighted by molar-refractivity contribution is 4.91. The van der Waals surface area contributed by atoms with Crippen LogP contribution < -0.4 is 0 Å². The molecule has 2 atom stereocenters. The Morgan fingerprint density at radius 2 is 1.19 bits per heavy atom. The van der Waals surface area contributed by atoms with E-state index in [4.69, 9.17) is 14.2 Å². The normalized spacial score (nSPS) is 24.4. The zero-order valence-corrected chi connectivity index (χ0v) is 12.9. The van der Waals surface area contributed by atoms with Gasteiger partial charge in [0.25, 0.3) is 0 Å². The molecule has 5 heteroatoms. The quantitative estimate of drug-likeness (QED) is 0.618. The van der Waals surface area contributed by atoms with Crippen molar-refractivity contribution in [3.63, 3.8) is 0 Å². The monoisotopic (exact) mass is 296 g/mol. The fourth-order valence-electron chi connectivity index (χ4n) is 2.77. The van der Waals surface area contributed by atoms with Crippen LogP contribution in [0.5, 0.6) is 0 Å². The van der Waals surface area contributed by atoms with Crippen molar-refractivity contribution in [2.45, 2.75) is 12.1 Å². The Morgan fingerprint density at radius 3 is 1.52 bits per heavy atom. The SMILES string of the molecule is C=CC(COCC(C=C)N1CCOCC1)N1CCOCC1. The molecule has 21 heavy (non-hydrogen) atoms. The highest BCUT2D eigenvalue weighted by Gasteiger charge is 2.21. The number of hydrogen-bond donors (Lipinski definition) is 0. The van der Waals surface area contributed by atoms with Gasteiger partial charge in [-0.1, -0.05) is 12.2 Å². The van der Waals surface area contributed by atoms with Gasteiger partial charge in [-0.2, -0.15) is 0 Å². The van der Waals surface area contributed by atoms with E-state index in [1.807, 2.05) is 12.2 Å². The maximum absolute atomic E-state index is 5.94. The third kappa shape index (κ3) is 5.20. The van der Waals surface area contributed by atoms with Gasteiger partial charge in [-0.25, -0.2) is 0 Å². The maximum atomic E-state index is 5.94. The van der Waals surface area contributed by atoms with E-state index in [9.17, 15) is 0 Å². The summed E-state index contributed by atoms with van der Waals surface area (Å²) in [5, 5.41) is 0. The number of hydrogen-bond acceptors (Lipinski definition) is 5. The lowest BCUT2D eigenvalue weighted by atomic mass is 10.2. The highest BCUT2D eigenvalue weighted by atomic mass is 16.5. The molecule has 0 N–H and O–H groups in total. The van der Waals surface area contributed by atoms with Gasteiger partial charge >= 0.3 is 0 Å². The van der Waals surface area contributed by atoms with Gasteiger partial charge in [-0.15, -0.1) is 13.2 Å². The average molecular weight is 296 g/mol. The molecule has 0 amide bonds. The molecule has 0 spiro atoms. The zero-order valence-electron chi connectivity index (χ0n) is 12.9. The van der Waals surface area contributed by atoms with E-state index in [0.717, 1.165) is 52.6 Å². The second kappa shape index (κ2) is 9.33. The van der Waals surface area contributed by atoms with E-state index in [1.165, 1.54) is 0 Å². The molecule has 2 saturated heterocycles. The van der Waals surface area contributed by atoms with Gasteiger partial charge in [0.15, 0.2) is 0 Å². The lowest BCUT2D eigenvalue weighted by molar-refractivity contribution is -0.0188.